The number of ether oxygens (including phenoxy) is 1. The summed E-state index contributed by atoms with van der Waals surface area (Å²) in [5.74, 6) is 0.322. The van der Waals surface area contributed by atoms with Crippen LogP contribution in [-0.4, -0.2) is 59.3 Å². The fourth-order valence-electron chi connectivity index (χ4n) is 3.09. The third-order valence-electron chi connectivity index (χ3n) is 4.60. The molecule has 140 valence electrons. The highest BCUT2D eigenvalue weighted by Crippen LogP contribution is 2.16. The van der Waals surface area contributed by atoms with Gasteiger partial charge in [0, 0.05) is 31.8 Å². The zero-order valence-corrected chi connectivity index (χ0v) is 15.7. The van der Waals surface area contributed by atoms with Gasteiger partial charge in [-0.25, -0.2) is 4.68 Å². The van der Waals surface area contributed by atoms with Crippen molar-refractivity contribution in [1.82, 2.24) is 25.2 Å². The Balaban J connectivity index is 1.45. The number of carbonyl (C=O) groups excluding carboxylic acids is 1. The molecule has 0 radical (unpaired) electrons. The minimum atomic E-state index is -0.174. The first-order chi connectivity index (χ1) is 12.6. The van der Waals surface area contributed by atoms with Crippen LogP contribution < -0.4 is 5.32 Å². The number of nitrogens with zero attached hydrogens (tertiary/aromatic N) is 4. The Morgan fingerprint density at radius 1 is 1.31 bits per heavy atom. The van der Waals surface area contributed by atoms with Crippen molar-refractivity contribution >= 4 is 17.5 Å². The fourth-order valence-corrected chi connectivity index (χ4v) is 3.21. The lowest BCUT2D eigenvalue weighted by Crippen LogP contribution is -2.39. The molecule has 1 aromatic heterocycles. The van der Waals surface area contributed by atoms with E-state index in [9.17, 15) is 4.79 Å². The number of amides is 1. The monoisotopic (exact) mass is 377 g/mol. The van der Waals surface area contributed by atoms with E-state index in [0.29, 0.717) is 36.5 Å². The average Bonchev–Trinajstić information content (AvgIpc) is 3.12. The van der Waals surface area contributed by atoms with Crippen molar-refractivity contribution < 1.29 is 9.53 Å². The van der Waals surface area contributed by atoms with Crippen LogP contribution in [0.5, 0.6) is 0 Å². The Morgan fingerprint density at radius 2 is 2.04 bits per heavy atom. The Kier molecular flexibility index (Phi) is 6.60. The van der Waals surface area contributed by atoms with E-state index in [0.717, 1.165) is 31.5 Å². The highest BCUT2D eigenvalue weighted by Gasteiger charge is 2.20. The average molecular weight is 378 g/mol. The molecular formula is C18H24ClN5O2. The van der Waals surface area contributed by atoms with E-state index in [-0.39, 0.29) is 5.91 Å². The van der Waals surface area contributed by atoms with Crippen LogP contribution >= 0.6 is 11.6 Å². The molecule has 0 unspecified atom stereocenters. The number of likely N-dealkylation sites (tertiary alicyclic amines) is 1. The SMILES string of the molecule is COCN1CCC(CNC(=O)c2cn(Cc3ccc(Cl)cc3)nn2)CC1. The minimum Gasteiger partial charge on any atom is -0.369 e. The predicted octanol–water partition coefficient (Wildman–Crippen LogP) is 2.03. The van der Waals surface area contributed by atoms with E-state index >= 15 is 0 Å². The maximum absolute atomic E-state index is 12.3. The number of nitrogens with one attached hydrogen (secondary N) is 1. The lowest BCUT2D eigenvalue weighted by atomic mass is 9.97. The summed E-state index contributed by atoms with van der Waals surface area (Å²) in [5.41, 5.74) is 1.39. The van der Waals surface area contributed by atoms with Gasteiger partial charge in [-0.15, -0.1) is 5.10 Å². The number of methoxy groups -OCH3 is 1. The van der Waals surface area contributed by atoms with Crippen molar-refractivity contribution in [3.8, 4) is 0 Å². The fraction of sp³-hybridized carbons (Fsp3) is 0.500. The van der Waals surface area contributed by atoms with Gasteiger partial charge in [-0.3, -0.25) is 9.69 Å². The molecule has 1 fully saturated rings. The number of hydrogen-bond acceptors (Lipinski definition) is 5. The van der Waals surface area contributed by atoms with Crippen molar-refractivity contribution in [1.29, 1.82) is 0 Å². The molecule has 1 aliphatic rings. The van der Waals surface area contributed by atoms with Crippen molar-refractivity contribution in [2.45, 2.75) is 19.4 Å². The molecule has 3 rings (SSSR count). The summed E-state index contributed by atoms with van der Waals surface area (Å²) in [4.78, 5) is 14.6. The molecule has 1 saturated heterocycles. The molecule has 8 heteroatoms. The van der Waals surface area contributed by atoms with Crippen LogP contribution in [0.3, 0.4) is 0 Å². The number of halogens is 1. The second-order valence-corrected chi connectivity index (χ2v) is 7.05. The van der Waals surface area contributed by atoms with Crippen LogP contribution in [0.2, 0.25) is 5.02 Å². The van der Waals surface area contributed by atoms with Gasteiger partial charge < -0.3 is 10.1 Å². The third kappa shape index (κ3) is 5.27. The lowest BCUT2D eigenvalue weighted by molar-refractivity contribution is 0.0392. The van der Waals surface area contributed by atoms with Crippen molar-refractivity contribution in [3.05, 3.63) is 46.7 Å². The Morgan fingerprint density at radius 3 is 2.73 bits per heavy atom. The maximum atomic E-state index is 12.3. The molecule has 0 saturated carbocycles. The van der Waals surface area contributed by atoms with E-state index in [4.69, 9.17) is 16.3 Å². The van der Waals surface area contributed by atoms with Crippen LogP contribution in [0.15, 0.2) is 30.5 Å². The summed E-state index contributed by atoms with van der Waals surface area (Å²) in [7, 11) is 1.71. The first-order valence-electron chi connectivity index (χ1n) is 8.78. The summed E-state index contributed by atoms with van der Waals surface area (Å²) < 4.78 is 6.81. The van der Waals surface area contributed by atoms with Crippen LogP contribution in [0.25, 0.3) is 0 Å². The minimum absolute atomic E-state index is 0.174. The summed E-state index contributed by atoms with van der Waals surface area (Å²) in [6.07, 6.45) is 3.80. The Bertz CT molecular complexity index is 711. The highest BCUT2D eigenvalue weighted by molar-refractivity contribution is 6.30. The number of carbonyl (C=O) groups is 1. The van der Waals surface area contributed by atoms with Gasteiger partial charge in [0.05, 0.1) is 19.5 Å². The number of piperidine rings is 1. The summed E-state index contributed by atoms with van der Waals surface area (Å²) >= 11 is 5.89. The molecule has 0 bridgehead atoms. The zero-order chi connectivity index (χ0) is 18.4. The predicted molar refractivity (Wildman–Crippen MR) is 99.1 cm³/mol. The summed E-state index contributed by atoms with van der Waals surface area (Å²) in [5, 5.41) is 11.7. The first-order valence-corrected chi connectivity index (χ1v) is 9.16. The van der Waals surface area contributed by atoms with E-state index in [1.54, 1.807) is 18.0 Å². The van der Waals surface area contributed by atoms with Gasteiger partial charge in [-0.05, 0) is 36.5 Å². The van der Waals surface area contributed by atoms with Crippen LogP contribution in [0, 0.1) is 5.92 Å². The van der Waals surface area contributed by atoms with Gasteiger partial charge in [-0.1, -0.05) is 28.9 Å². The van der Waals surface area contributed by atoms with Crippen molar-refractivity contribution in [3.63, 3.8) is 0 Å². The van der Waals surface area contributed by atoms with Crippen LogP contribution in [0.4, 0.5) is 0 Å². The standard InChI is InChI=1S/C18H24ClN5O2/c1-26-13-23-8-6-14(7-9-23)10-20-18(25)17-12-24(22-21-17)11-15-2-4-16(19)5-3-15/h2-5,12,14H,6-11,13H2,1H3,(H,20,25). The third-order valence-corrected chi connectivity index (χ3v) is 4.85. The molecule has 1 aliphatic heterocycles. The Hall–Kier alpha value is -1.96. The molecule has 1 amide bonds. The van der Waals surface area contributed by atoms with Crippen LogP contribution in [0.1, 0.15) is 28.9 Å². The molecule has 2 heterocycles. The molecule has 0 aliphatic carbocycles. The molecule has 1 N–H and O–H groups in total. The molecular weight excluding hydrogens is 354 g/mol. The normalized spacial score (nSPS) is 15.9. The van der Waals surface area contributed by atoms with Crippen LogP contribution in [-0.2, 0) is 11.3 Å². The largest absolute Gasteiger partial charge is 0.369 e. The lowest BCUT2D eigenvalue weighted by Gasteiger charge is -2.31. The quantitative estimate of drug-likeness (QED) is 0.799. The smallest absolute Gasteiger partial charge is 0.273 e. The zero-order valence-electron chi connectivity index (χ0n) is 14.9. The Labute approximate surface area is 158 Å². The molecule has 26 heavy (non-hydrogen) atoms. The van der Waals surface area contributed by atoms with E-state index < -0.39 is 0 Å². The van der Waals surface area contributed by atoms with Gasteiger partial charge >= 0.3 is 0 Å². The van der Waals surface area contributed by atoms with Gasteiger partial charge in [0.25, 0.3) is 5.91 Å². The molecule has 1 aromatic carbocycles. The van der Waals surface area contributed by atoms with Crippen molar-refractivity contribution in [2.24, 2.45) is 5.92 Å². The van der Waals surface area contributed by atoms with E-state index in [1.807, 2.05) is 24.3 Å². The molecule has 0 spiro atoms. The van der Waals surface area contributed by atoms with E-state index in [1.165, 1.54) is 0 Å². The summed E-state index contributed by atoms with van der Waals surface area (Å²) in [6, 6.07) is 7.53. The molecule has 7 nitrogen and oxygen atoms in total. The molecule has 0 atom stereocenters. The number of hydrogen-bond donors (Lipinski definition) is 1. The van der Waals surface area contributed by atoms with Gasteiger partial charge in [0.15, 0.2) is 5.69 Å². The van der Waals surface area contributed by atoms with Crippen molar-refractivity contribution in [2.75, 3.05) is 33.5 Å². The topological polar surface area (TPSA) is 72.3 Å². The van der Waals surface area contributed by atoms with E-state index in [2.05, 4.69) is 20.5 Å². The number of aromatic nitrogens is 3. The second kappa shape index (κ2) is 9.12. The van der Waals surface area contributed by atoms with Gasteiger partial charge in [-0.2, -0.15) is 0 Å². The molecule has 2 aromatic rings. The maximum Gasteiger partial charge on any atom is 0.273 e. The number of benzene rings is 1. The van der Waals surface area contributed by atoms with Gasteiger partial charge in [0.1, 0.15) is 0 Å². The van der Waals surface area contributed by atoms with Gasteiger partial charge in [0.2, 0.25) is 0 Å². The summed E-state index contributed by atoms with van der Waals surface area (Å²) in [6.45, 7) is 3.91. The first kappa shape index (κ1) is 18.8. The highest BCUT2D eigenvalue weighted by atomic mass is 35.5. The second-order valence-electron chi connectivity index (χ2n) is 6.62. The number of rotatable bonds is 7.